The minimum atomic E-state index is -3.46. The lowest BCUT2D eigenvalue weighted by atomic mass is 10.1. The van der Waals surface area contributed by atoms with Gasteiger partial charge in [-0.25, -0.2) is 8.42 Å². The first-order valence-electron chi connectivity index (χ1n) is 13.5. The van der Waals surface area contributed by atoms with Crippen LogP contribution >= 0.6 is 11.6 Å². The number of H-pyrrole nitrogens is 1. The first kappa shape index (κ1) is 29.4. The van der Waals surface area contributed by atoms with Gasteiger partial charge in [0.05, 0.1) is 28.6 Å². The van der Waals surface area contributed by atoms with E-state index in [4.69, 9.17) is 20.8 Å². The van der Waals surface area contributed by atoms with Crippen molar-refractivity contribution < 1.29 is 17.6 Å². The van der Waals surface area contributed by atoms with Crippen molar-refractivity contribution in [1.29, 1.82) is 0 Å². The highest BCUT2D eigenvalue weighted by Crippen LogP contribution is 2.33. The maximum Gasteiger partial charge on any atom is 0.229 e. The van der Waals surface area contributed by atoms with Crippen LogP contribution in [0.1, 0.15) is 32.4 Å². The number of hydrogen-bond acceptors (Lipinski definition) is 5. The quantitative estimate of drug-likeness (QED) is 0.108. The van der Waals surface area contributed by atoms with Crippen molar-refractivity contribution in [2.75, 3.05) is 30.7 Å². The van der Waals surface area contributed by atoms with Gasteiger partial charge in [0.15, 0.2) is 8.32 Å². The molecule has 1 aromatic heterocycles. The molecule has 39 heavy (non-hydrogen) atoms. The molecule has 7 nitrogen and oxygen atoms in total. The Balaban J connectivity index is 1.43. The number of benzene rings is 3. The van der Waals surface area contributed by atoms with Crippen LogP contribution < -0.4 is 14.8 Å². The number of nitrogens with one attached hydrogen (secondary N) is 3. The van der Waals surface area contributed by atoms with Crippen molar-refractivity contribution in [1.82, 2.24) is 10.3 Å². The van der Waals surface area contributed by atoms with Crippen LogP contribution in [0.3, 0.4) is 0 Å². The van der Waals surface area contributed by atoms with Crippen molar-refractivity contribution >= 4 is 57.4 Å². The third kappa shape index (κ3) is 7.35. The summed E-state index contributed by atoms with van der Waals surface area (Å²) in [7, 11) is -5.41. The SMILES string of the molecule is CC[Si](CC)(CC)O[C@H](CNCCOc1ccc2c(c1)[nH]c1ccccc12)c1ccc(Cl)c(NS(C)(=O)=O)c1. The number of para-hydroxylation sites is 1. The van der Waals surface area contributed by atoms with E-state index < -0.39 is 18.3 Å². The Morgan fingerprint density at radius 1 is 0.949 bits per heavy atom. The summed E-state index contributed by atoms with van der Waals surface area (Å²) in [4.78, 5) is 3.45. The van der Waals surface area contributed by atoms with Gasteiger partial charge in [-0.15, -0.1) is 0 Å². The molecule has 0 spiro atoms. The van der Waals surface area contributed by atoms with Crippen LogP contribution in [0.2, 0.25) is 23.2 Å². The molecule has 4 aromatic rings. The molecule has 0 aliphatic carbocycles. The van der Waals surface area contributed by atoms with E-state index in [2.05, 4.69) is 54.0 Å². The van der Waals surface area contributed by atoms with Gasteiger partial charge in [-0.3, -0.25) is 4.72 Å². The van der Waals surface area contributed by atoms with Crippen molar-refractivity contribution in [3.63, 3.8) is 0 Å². The number of hydrogen-bond donors (Lipinski definition) is 3. The van der Waals surface area contributed by atoms with Crippen LogP contribution in [-0.4, -0.2) is 47.7 Å². The topological polar surface area (TPSA) is 92.4 Å². The van der Waals surface area contributed by atoms with E-state index in [1.165, 1.54) is 10.8 Å². The third-order valence-corrected chi connectivity index (χ3v) is 12.9. The summed E-state index contributed by atoms with van der Waals surface area (Å²) in [5.41, 5.74) is 3.41. The van der Waals surface area contributed by atoms with Gasteiger partial charge in [-0.2, -0.15) is 0 Å². The van der Waals surface area contributed by atoms with Crippen molar-refractivity contribution in [2.24, 2.45) is 0 Å². The van der Waals surface area contributed by atoms with Gasteiger partial charge in [-0.1, -0.05) is 56.6 Å². The fourth-order valence-corrected chi connectivity index (χ4v) is 8.56. The smallest absolute Gasteiger partial charge is 0.229 e. The maximum absolute atomic E-state index is 11.9. The van der Waals surface area contributed by atoms with Gasteiger partial charge in [0.25, 0.3) is 0 Å². The zero-order valence-corrected chi connectivity index (χ0v) is 25.6. The molecule has 4 rings (SSSR count). The predicted molar refractivity (Wildman–Crippen MR) is 165 cm³/mol. The van der Waals surface area contributed by atoms with E-state index in [0.29, 0.717) is 30.4 Å². The molecule has 210 valence electrons. The lowest BCUT2D eigenvalue weighted by molar-refractivity contribution is 0.183. The average Bonchev–Trinajstić information content (AvgIpc) is 3.29. The first-order chi connectivity index (χ1) is 18.7. The number of aromatic amines is 1. The highest BCUT2D eigenvalue weighted by Gasteiger charge is 2.32. The molecule has 0 radical (unpaired) electrons. The van der Waals surface area contributed by atoms with Crippen LogP contribution in [0, 0.1) is 0 Å². The molecule has 0 fully saturated rings. The van der Waals surface area contributed by atoms with Gasteiger partial charge in [0.2, 0.25) is 10.0 Å². The molecule has 1 atom stereocenters. The van der Waals surface area contributed by atoms with Gasteiger partial charge in [0.1, 0.15) is 12.4 Å². The van der Waals surface area contributed by atoms with E-state index in [0.717, 1.165) is 46.7 Å². The summed E-state index contributed by atoms with van der Waals surface area (Å²) in [6.45, 7) is 8.28. The first-order valence-corrected chi connectivity index (χ1v) is 18.3. The van der Waals surface area contributed by atoms with Crippen LogP contribution in [-0.2, 0) is 14.4 Å². The zero-order chi connectivity index (χ0) is 28.0. The second kappa shape index (κ2) is 12.7. The minimum absolute atomic E-state index is 0.239. The summed E-state index contributed by atoms with van der Waals surface area (Å²) in [5, 5.41) is 6.21. The largest absolute Gasteiger partial charge is 0.492 e. The number of ether oxygens (including phenoxy) is 1. The second-order valence-electron chi connectivity index (χ2n) is 9.89. The van der Waals surface area contributed by atoms with Crippen LogP contribution in [0.5, 0.6) is 5.75 Å². The summed E-state index contributed by atoms with van der Waals surface area (Å²) < 4.78 is 39.1. The Labute approximate surface area is 237 Å². The van der Waals surface area contributed by atoms with Crippen molar-refractivity contribution in [3.8, 4) is 5.75 Å². The Morgan fingerprint density at radius 3 is 2.38 bits per heavy atom. The molecule has 10 heteroatoms. The molecular formula is C29H38ClN3O4SSi. The molecule has 0 aliphatic rings. The Morgan fingerprint density at radius 2 is 1.67 bits per heavy atom. The Kier molecular flexibility index (Phi) is 9.61. The summed E-state index contributed by atoms with van der Waals surface area (Å²) in [6.07, 6.45) is 0.876. The van der Waals surface area contributed by atoms with E-state index in [9.17, 15) is 8.42 Å². The zero-order valence-electron chi connectivity index (χ0n) is 23.0. The molecular weight excluding hydrogens is 550 g/mol. The molecule has 0 unspecified atom stereocenters. The normalized spacial score (nSPS) is 13.2. The highest BCUT2D eigenvalue weighted by molar-refractivity contribution is 7.92. The monoisotopic (exact) mass is 587 g/mol. The molecule has 0 bridgehead atoms. The van der Waals surface area contributed by atoms with Gasteiger partial charge < -0.3 is 19.5 Å². The Bertz CT molecular complexity index is 1510. The fourth-order valence-electron chi connectivity index (χ4n) is 4.95. The summed E-state index contributed by atoms with van der Waals surface area (Å²) in [6, 6.07) is 22.8. The van der Waals surface area contributed by atoms with Crippen LogP contribution in [0.4, 0.5) is 5.69 Å². The highest BCUT2D eigenvalue weighted by atomic mass is 35.5. The van der Waals surface area contributed by atoms with E-state index >= 15 is 0 Å². The van der Waals surface area contributed by atoms with E-state index in [-0.39, 0.29) is 6.10 Å². The van der Waals surface area contributed by atoms with Crippen molar-refractivity contribution in [3.05, 3.63) is 71.2 Å². The molecule has 0 aliphatic heterocycles. The number of rotatable bonds is 14. The van der Waals surface area contributed by atoms with Gasteiger partial charge >= 0.3 is 0 Å². The third-order valence-electron chi connectivity index (χ3n) is 7.34. The predicted octanol–water partition coefficient (Wildman–Crippen LogP) is 7.08. The molecule has 3 aromatic carbocycles. The molecule has 0 saturated heterocycles. The summed E-state index contributed by atoms with van der Waals surface area (Å²) >= 11 is 6.29. The average molecular weight is 588 g/mol. The number of halogens is 1. The second-order valence-corrected chi connectivity index (χ2v) is 16.8. The van der Waals surface area contributed by atoms with E-state index in [1.807, 2.05) is 30.3 Å². The molecule has 3 N–H and O–H groups in total. The summed E-state index contributed by atoms with van der Waals surface area (Å²) in [5.74, 6) is 0.812. The minimum Gasteiger partial charge on any atom is -0.492 e. The van der Waals surface area contributed by atoms with Crippen LogP contribution in [0.15, 0.2) is 60.7 Å². The van der Waals surface area contributed by atoms with Gasteiger partial charge in [-0.05, 0) is 54.0 Å². The molecule has 0 saturated carbocycles. The maximum atomic E-state index is 11.9. The molecule has 1 heterocycles. The number of aromatic nitrogens is 1. The fraction of sp³-hybridized carbons (Fsp3) is 0.379. The van der Waals surface area contributed by atoms with Crippen molar-refractivity contribution in [2.45, 2.75) is 45.0 Å². The van der Waals surface area contributed by atoms with Crippen LogP contribution in [0.25, 0.3) is 21.8 Å². The van der Waals surface area contributed by atoms with E-state index in [1.54, 1.807) is 12.1 Å². The lowest BCUT2D eigenvalue weighted by Crippen LogP contribution is -2.40. The standard InChI is InChI=1S/C29H38ClN3O4SSi/c1-5-39(6-2,7-3)37-29(21-12-15-25(30)28(18-21)33-38(4,34)35)20-31-16-17-36-22-13-14-24-23-10-8-9-11-26(23)32-27(24)19-22/h8-15,18-19,29,31-33H,5-7,16-17,20H2,1-4H3/t29-/m1/s1. The Hall–Kier alpha value is -2.56. The number of sulfonamides is 1. The lowest BCUT2D eigenvalue weighted by Gasteiger charge is -2.34. The number of anilines is 1. The molecule has 0 amide bonds. The number of fused-ring (bicyclic) bond motifs is 3. The van der Waals surface area contributed by atoms with Gasteiger partial charge in [0, 0.05) is 35.4 Å².